The van der Waals surface area contributed by atoms with Gasteiger partial charge in [-0.25, -0.2) is 8.78 Å². The summed E-state index contributed by atoms with van der Waals surface area (Å²) in [7, 11) is 0. The van der Waals surface area contributed by atoms with E-state index in [1.54, 1.807) is 6.92 Å². The Morgan fingerprint density at radius 2 is 1.86 bits per heavy atom. The first-order chi connectivity index (χ1) is 10.5. The highest BCUT2D eigenvalue weighted by Gasteiger charge is 2.14. The normalized spacial score (nSPS) is 11.8. The molecule has 2 aromatic rings. The number of hydrogen-bond acceptors (Lipinski definition) is 2. The van der Waals surface area contributed by atoms with Gasteiger partial charge >= 0.3 is 0 Å². The molecule has 2 aromatic carbocycles. The fraction of sp³-hybridized carbons (Fsp3) is 0.188. The third kappa shape index (κ3) is 4.53. The largest absolute Gasteiger partial charge is 0.376 e. The molecule has 22 heavy (non-hydrogen) atoms. The van der Waals surface area contributed by atoms with Crippen molar-refractivity contribution >= 4 is 27.5 Å². The molecule has 0 aromatic heterocycles. The van der Waals surface area contributed by atoms with Crippen LogP contribution in [0.15, 0.2) is 46.9 Å². The maximum atomic E-state index is 13.6. The van der Waals surface area contributed by atoms with Gasteiger partial charge in [-0.05, 0) is 37.3 Å². The number of hydrogen-bond donors (Lipinski definition) is 2. The average Bonchev–Trinajstić information content (AvgIpc) is 2.46. The van der Waals surface area contributed by atoms with Crippen molar-refractivity contribution in [2.24, 2.45) is 0 Å². The fourth-order valence-electron chi connectivity index (χ4n) is 1.97. The zero-order chi connectivity index (χ0) is 16.1. The smallest absolute Gasteiger partial charge is 0.239 e. The zero-order valence-corrected chi connectivity index (χ0v) is 13.5. The summed E-state index contributed by atoms with van der Waals surface area (Å²) in [6.45, 7) is 1.71. The number of anilines is 1. The Hall–Kier alpha value is -1.95. The summed E-state index contributed by atoms with van der Waals surface area (Å²) in [5.74, 6) is -1.59. The van der Waals surface area contributed by atoms with Gasteiger partial charge in [-0.2, -0.15) is 0 Å². The number of carbonyl (C=O) groups is 1. The molecule has 0 fully saturated rings. The predicted molar refractivity (Wildman–Crippen MR) is 85.5 cm³/mol. The minimum absolute atomic E-state index is 0.0643. The van der Waals surface area contributed by atoms with E-state index in [2.05, 4.69) is 26.6 Å². The Morgan fingerprint density at radius 1 is 1.18 bits per heavy atom. The lowest BCUT2D eigenvalue weighted by Gasteiger charge is -2.15. The molecule has 0 unspecified atom stereocenters. The van der Waals surface area contributed by atoms with Crippen LogP contribution in [-0.2, 0) is 4.79 Å². The first kappa shape index (κ1) is 16.4. The van der Waals surface area contributed by atoms with Crippen molar-refractivity contribution in [2.75, 3.05) is 11.9 Å². The van der Waals surface area contributed by atoms with Gasteiger partial charge in [0, 0.05) is 21.8 Å². The molecule has 1 amide bonds. The molecule has 0 aliphatic heterocycles. The number of amides is 1. The van der Waals surface area contributed by atoms with Gasteiger partial charge in [0.1, 0.15) is 11.6 Å². The van der Waals surface area contributed by atoms with Gasteiger partial charge in [-0.1, -0.05) is 22.0 Å². The second-order valence-electron chi connectivity index (χ2n) is 4.82. The molecule has 0 heterocycles. The van der Waals surface area contributed by atoms with E-state index in [0.717, 1.165) is 16.2 Å². The molecule has 0 aliphatic rings. The van der Waals surface area contributed by atoms with Gasteiger partial charge in [-0.3, -0.25) is 4.79 Å². The van der Waals surface area contributed by atoms with Gasteiger partial charge in [-0.15, -0.1) is 0 Å². The summed E-state index contributed by atoms with van der Waals surface area (Å²) in [5.41, 5.74) is 1.05. The van der Waals surface area contributed by atoms with Crippen LogP contribution in [0.4, 0.5) is 14.5 Å². The van der Waals surface area contributed by atoms with Crippen LogP contribution in [0.5, 0.6) is 0 Å². The Balaban J connectivity index is 1.89. The Bertz CT molecular complexity index is 662. The van der Waals surface area contributed by atoms with E-state index in [4.69, 9.17) is 0 Å². The van der Waals surface area contributed by atoms with E-state index in [1.807, 2.05) is 24.3 Å². The van der Waals surface area contributed by atoms with Crippen molar-refractivity contribution in [2.45, 2.75) is 13.0 Å². The van der Waals surface area contributed by atoms with E-state index in [1.165, 1.54) is 12.1 Å². The lowest BCUT2D eigenvalue weighted by atomic mass is 10.1. The van der Waals surface area contributed by atoms with E-state index < -0.39 is 17.7 Å². The molecule has 0 saturated carbocycles. The Labute approximate surface area is 135 Å². The summed E-state index contributed by atoms with van der Waals surface area (Å²) < 4.78 is 27.4. The van der Waals surface area contributed by atoms with Crippen LogP contribution in [0, 0.1) is 11.6 Å². The number of benzene rings is 2. The van der Waals surface area contributed by atoms with Crippen LogP contribution < -0.4 is 10.6 Å². The SMILES string of the molecule is C[C@@H](NC(=O)CNc1ccc(Br)cc1)c1ccc(F)cc1F. The third-order valence-corrected chi connectivity index (χ3v) is 3.63. The fourth-order valence-corrected chi connectivity index (χ4v) is 2.24. The minimum atomic E-state index is -0.673. The quantitative estimate of drug-likeness (QED) is 0.836. The van der Waals surface area contributed by atoms with Gasteiger partial charge in [0.05, 0.1) is 12.6 Å². The Kier molecular flexibility index (Phi) is 5.49. The van der Waals surface area contributed by atoms with Crippen molar-refractivity contribution in [1.82, 2.24) is 5.32 Å². The molecule has 0 spiro atoms. The lowest BCUT2D eigenvalue weighted by Crippen LogP contribution is -2.32. The molecular weight excluding hydrogens is 354 g/mol. The third-order valence-electron chi connectivity index (χ3n) is 3.10. The van der Waals surface area contributed by atoms with Crippen LogP contribution in [0.2, 0.25) is 0 Å². The molecule has 116 valence electrons. The molecule has 0 saturated heterocycles. The van der Waals surface area contributed by atoms with E-state index in [9.17, 15) is 13.6 Å². The molecule has 6 heteroatoms. The first-order valence-electron chi connectivity index (χ1n) is 6.69. The second-order valence-corrected chi connectivity index (χ2v) is 5.73. The number of carbonyl (C=O) groups excluding carboxylic acids is 1. The van der Waals surface area contributed by atoms with Crippen LogP contribution in [-0.4, -0.2) is 12.5 Å². The summed E-state index contributed by atoms with van der Waals surface area (Å²) in [5, 5.41) is 5.63. The summed E-state index contributed by atoms with van der Waals surface area (Å²) >= 11 is 3.33. The maximum Gasteiger partial charge on any atom is 0.239 e. The zero-order valence-electron chi connectivity index (χ0n) is 11.9. The Morgan fingerprint density at radius 3 is 2.50 bits per heavy atom. The van der Waals surface area contributed by atoms with Crippen molar-refractivity contribution in [3.8, 4) is 0 Å². The topological polar surface area (TPSA) is 41.1 Å². The molecule has 2 rings (SSSR count). The van der Waals surface area contributed by atoms with Gasteiger partial charge in [0.25, 0.3) is 0 Å². The van der Waals surface area contributed by atoms with Gasteiger partial charge in [0.15, 0.2) is 0 Å². The first-order valence-corrected chi connectivity index (χ1v) is 7.49. The van der Waals surface area contributed by atoms with Gasteiger partial charge < -0.3 is 10.6 Å². The van der Waals surface area contributed by atoms with Crippen molar-refractivity contribution in [3.05, 3.63) is 64.1 Å². The molecule has 0 bridgehead atoms. The highest BCUT2D eigenvalue weighted by Crippen LogP contribution is 2.18. The maximum absolute atomic E-state index is 13.6. The molecular formula is C16H15BrF2N2O. The monoisotopic (exact) mass is 368 g/mol. The van der Waals surface area contributed by atoms with Gasteiger partial charge in [0.2, 0.25) is 5.91 Å². The highest BCUT2D eigenvalue weighted by molar-refractivity contribution is 9.10. The summed E-state index contributed by atoms with van der Waals surface area (Å²) in [6, 6.07) is 10.1. The number of halogens is 3. The highest BCUT2D eigenvalue weighted by atomic mass is 79.9. The predicted octanol–water partition coefficient (Wildman–Crippen LogP) is 4.02. The molecule has 1 atom stereocenters. The standard InChI is InChI=1S/C16H15BrF2N2O/c1-10(14-7-4-12(18)8-15(14)19)21-16(22)9-20-13-5-2-11(17)3-6-13/h2-8,10,20H,9H2,1H3,(H,21,22)/t10-/m1/s1. The van der Waals surface area contributed by atoms with Crippen molar-refractivity contribution < 1.29 is 13.6 Å². The molecule has 0 radical (unpaired) electrons. The van der Waals surface area contributed by atoms with Crippen molar-refractivity contribution in [3.63, 3.8) is 0 Å². The number of nitrogens with one attached hydrogen (secondary N) is 2. The van der Waals surface area contributed by atoms with Crippen LogP contribution in [0.3, 0.4) is 0 Å². The lowest BCUT2D eigenvalue weighted by molar-refractivity contribution is -0.120. The molecule has 0 aliphatic carbocycles. The van der Waals surface area contributed by atoms with E-state index in [-0.39, 0.29) is 18.0 Å². The number of rotatable bonds is 5. The average molecular weight is 369 g/mol. The second kappa shape index (κ2) is 7.35. The van der Waals surface area contributed by atoms with Crippen LogP contribution in [0.1, 0.15) is 18.5 Å². The van der Waals surface area contributed by atoms with Crippen LogP contribution in [0.25, 0.3) is 0 Å². The molecule has 2 N–H and O–H groups in total. The minimum Gasteiger partial charge on any atom is -0.376 e. The van der Waals surface area contributed by atoms with Crippen molar-refractivity contribution in [1.29, 1.82) is 0 Å². The van der Waals surface area contributed by atoms with E-state index in [0.29, 0.717) is 0 Å². The summed E-state index contributed by atoms with van der Waals surface area (Å²) in [6.07, 6.45) is 0. The van der Waals surface area contributed by atoms with E-state index >= 15 is 0 Å². The van der Waals surface area contributed by atoms with Crippen LogP contribution >= 0.6 is 15.9 Å². The molecule has 3 nitrogen and oxygen atoms in total. The summed E-state index contributed by atoms with van der Waals surface area (Å²) in [4.78, 5) is 11.9.